The van der Waals surface area contributed by atoms with Crippen molar-refractivity contribution in [2.24, 2.45) is 0 Å². The zero-order chi connectivity index (χ0) is 8.77. The summed E-state index contributed by atoms with van der Waals surface area (Å²) in [5, 5.41) is 9.17. The van der Waals surface area contributed by atoms with E-state index in [1.165, 1.54) is 6.33 Å². The summed E-state index contributed by atoms with van der Waals surface area (Å²) in [6.45, 7) is 0. The maximum absolute atomic E-state index is 10.8. The summed E-state index contributed by atoms with van der Waals surface area (Å²) in [4.78, 5) is 17.3. The first kappa shape index (κ1) is 7.61. The highest BCUT2D eigenvalue weighted by molar-refractivity contribution is 6.30. The second kappa shape index (κ2) is 2.23. The highest BCUT2D eigenvalue weighted by Crippen LogP contribution is 2.49. The smallest absolute Gasteiger partial charge is 0.315 e. The summed E-state index contributed by atoms with van der Waals surface area (Å²) in [6, 6.07) is 0. The van der Waals surface area contributed by atoms with E-state index >= 15 is 0 Å². The van der Waals surface area contributed by atoms with E-state index in [1.807, 2.05) is 0 Å². The van der Waals surface area contributed by atoms with Crippen LogP contribution in [0.2, 0.25) is 5.15 Å². The van der Waals surface area contributed by atoms with Gasteiger partial charge >= 0.3 is 5.97 Å². The Kier molecular flexibility index (Phi) is 1.41. The fraction of sp³-hybridized carbons (Fsp3) is 0.429. The van der Waals surface area contributed by atoms with Crippen LogP contribution in [-0.4, -0.2) is 21.0 Å². The molecule has 1 saturated carbocycles. The van der Waals surface area contributed by atoms with Gasteiger partial charge in [0.15, 0.2) is 5.15 Å². The van der Waals surface area contributed by atoms with Gasteiger partial charge in [-0.25, -0.2) is 4.98 Å². The predicted octanol–water partition coefficient (Wildman–Crippen LogP) is 1.18. The fourth-order valence-corrected chi connectivity index (χ4v) is 1.59. The van der Waals surface area contributed by atoms with Crippen molar-refractivity contribution < 1.29 is 9.90 Å². The molecule has 12 heavy (non-hydrogen) atoms. The molecule has 0 saturated heterocycles. The van der Waals surface area contributed by atoms with Crippen LogP contribution in [0.4, 0.5) is 0 Å². The molecular formula is C7H7ClN2O2. The lowest BCUT2D eigenvalue weighted by Gasteiger charge is -2.05. The third-order valence-corrected chi connectivity index (χ3v) is 2.52. The number of aromatic amines is 1. The van der Waals surface area contributed by atoms with Crippen LogP contribution < -0.4 is 0 Å². The molecule has 1 aliphatic carbocycles. The lowest BCUT2D eigenvalue weighted by Crippen LogP contribution is -2.20. The minimum absolute atomic E-state index is 0.273. The van der Waals surface area contributed by atoms with Crippen LogP contribution in [0.5, 0.6) is 0 Å². The summed E-state index contributed by atoms with van der Waals surface area (Å²) < 4.78 is 0. The Morgan fingerprint density at radius 3 is 2.75 bits per heavy atom. The number of aliphatic carboxylic acids is 1. The number of carboxylic acids is 1. The number of halogens is 1. The van der Waals surface area contributed by atoms with Gasteiger partial charge in [0.25, 0.3) is 0 Å². The van der Waals surface area contributed by atoms with Crippen molar-refractivity contribution in [1.82, 2.24) is 9.97 Å². The molecule has 0 radical (unpaired) electrons. The normalized spacial score (nSPS) is 19.1. The van der Waals surface area contributed by atoms with Crippen molar-refractivity contribution in [2.45, 2.75) is 18.3 Å². The minimum atomic E-state index is -0.825. The largest absolute Gasteiger partial charge is 0.481 e. The van der Waals surface area contributed by atoms with E-state index in [-0.39, 0.29) is 5.15 Å². The SMILES string of the molecule is O=C(O)C1(c2[nH]cnc2Cl)CC1. The van der Waals surface area contributed by atoms with Crippen molar-refractivity contribution in [3.63, 3.8) is 0 Å². The Hall–Kier alpha value is -1.03. The van der Waals surface area contributed by atoms with E-state index in [0.29, 0.717) is 18.5 Å². The summed E-state index contributed by atoms with van der Waals surface area (Å²) in [6.07, 6.45) is 2.70. The Bertz CT molecular complexity index is 330. The number of carboxylic acid groups (broad SMARTS) is 1. The molecule has 64 valence electrons. The minimum Gasteiger partial charge on any atom is -0.481 e. The monoisotopic (exact) mass is 186 g/mol. The van der Waals surface area contributed by atoms with Gasteiger partial charge in [-0.15, -0.1) is 0 Å². The van der Waals surface area contributed by atoms with Crippen LogP contribution >= 0.6 is 11.6 Å². The Morgan fingerprint density at radius 2 is 2.42 bits per heavy atom. The highest BCUT2D eigenvalue weighted by Gasteiger charge is 2.54. The maximum atomic E-state index is 10.8. The van der Waals surface area contributed by atoms with E-state index in [0.717, 1.165) is 0 Å². The quantitative estimate of drug-likeness (QED) is 0.729. The van der Waals surface area contributed by atoms with E-state index in [9.17, 15) is 4.79 Å². The van der Waals surface area contributed by atoms with Crippen LogP contribution in [0.3, 0.4) is 0 Å². The number of nitrogens with zero attached hydrogens (tertiary/aromatic N) is 1. The number of aromatic nitrogens is 2. The summed E-state index contributed by atoms with van der Waals surface area (Å²) in [5.41, 5.74) is -0.232. The van der Waals surface area contributed by atoms with Gasteiger partial charge in [-0.3, -0.25) is 4.79 Å². The van der Waals surface area contributed by atoms with Crippen LogP contribution in [0, 0.1) is 0 Å². The molecule has 1 aliphatic rings. The van der Waals surface area contributed by atoms with Gasteiger partial charge in [0, 0.05) is 0 Å². The molecule has 1 fully saturated rings. The molecule has 2 N–H and O–H groups in total. The second-order valence-corrected chi connectivity index (χ2v) is 3.31. The van der Waals surface area contributed by atoms with E-state index in [4.69, 9.17) is 16.7 Å². The van der Waals surface area contributed by atoms with Crippen molar-refractivity contribution in [3.8, 4) is 0 Å². The number of hydrogen-bond acceptors (Lipinski definition) is 2. The molecule has 0 amide bonds. The zero-order valence-electron chi connectivity index (χ0n) is 6.17. The van der Waals surface area contributed by atoms with Gasteiger partial charge in [-0.1, -0.05) is 11.6 Å². The third-order valence-electron chi connectivity index (χ3n) is 2.23. The molecule has 0 aliphatic heterocycles. The molecule has 2 rings (SSSR count). The van der Waals surface area contributed by atoms with Gasteiger partial charge in [0.2, 0.25) is 0 Å². The molecule has 4 nitrogen and oxygen atoms in total. The van der Waals surface area contributed by atoms with Gasteiger partial charge in [0.05, 0.1) is 12.0 Å². The highest BCUT2D eigenvalue weighted by atomic mass is 35.5. The molecule has 0 atom stereocenters. The lowest BCUT2D eigenvalue weighted by atomic mass is 10.0. The van der Waals surface area contributed by atoms with Gasteiger partial charge in [-0.05, 0) is 12.8 Å². The Morgan fingerprint density at radius 1 is 1.75 bits per heavy atom. The van der Waals surface area contributed by atoms with Crippen molar-refractivity contribution in [1.29, 1.82) is 0 Å². The third kappa shape index (κ3) is 0.845. The summed E-state index contributed by atoms with van der Waals surface area (Å²) in [7, 11) is 0. The average molecular weight is 187 g/mol. The van der Waals surface area contributed by atoms with Crippen LogP contribution in [0.25, 0.3) is 0 Å². The molecule has 0 bridgehead atoms. The Balaban J connectivity index is 2.43. The van der Waals surface area contributed by atoms with Crippen LogP contribution in [0.15, 0.2) is 6.33 Å². The second-order valence-electron chi connectivity index (χ2n) is 2.96. The van der Waals surface area contributed by atoms with Crippen LogP contribution in [0.1, 0.15) is 18.5 Å². The van der Waals surface area contributed by atoms with Gasteiger partial charge < -0.3 is 10.1 Å². The van der Waals surface area contributed by atoms with E-state index in [2.05, 4.69) is 9.97 Å². The molecule has 1 aromatic rings. The molecule has 1 aromatic heterocycles. The van der Waals surface area contributed by atoms with Gasteiger partial charge in [-0.2, -0.15) is 0 Å². The topological polar surface area (TPSA) is 66.0 Å². The first-order valence-corrected chi connectivity index (χ1v) is 3.97. The zero-order valence-corrected chi connectivity index (χ0v) is 6.93. The standard InChI is InChI=1S/C7H7ClN2O2/c8-5-4(9-3-10-5)7(1-2-7)6(11)12/h3H,1-2H2,(H,9,10)(H,11,12). The Labute approximate surface area is 73.6 Å². The maximum Gasteiger partial charge on any atom is 0.315 e. The summed E-state index contributed by atoms with van der Waals surface area (Å²) >= 11 is 5.70. The molecule has 0 aromatic carbocycles. The molecule has 0 unspecified atom stereocenters. The number of hydrogen-bond donors (Lipinski definition) is 2. The van der Waals surface area contributed by atoms with Gasteiger partial charge in [0.1, 0.15) is 5.41 Å². The van der Waals surface area contributed by atoms with Crippen LogP contribution in [-0.2, 0) is 10.2 Å². The van der Waals surface area contributed by atoms with E-state index in [1.54, 1.807) is 0 Å². The predicted molar refractivity (Wildman–Crippen MR) is 42.1 cm³/mol. The number of imidazole rings is 1. The van der Waals surface area contributed by atoms with Crippen molar-refractivity contribution in [3.05, 3.63) is 17.2 Å². The van der Waals surface area contributed by atoms with Crippen molar-refractivity contribution in [2.75, 3.05) is 0 Å². The fourth-order valence-electron chi connectivity index (χ4n) is 1.31. The number of rotatable bonds is 2. The summed E-state index contributed by atoms with van der Waals surface area (Å²) in [5.74, 6) is -0.825. The molecule has 1 heterocycles. The first-order chi connectivity index (χ1) is 5.67. The number of carbonyl (C=O) groups is 1. The molecular weight excluding hydrogens is 180 g/mol. The lowest BCUT2D eigenvalue weighted by molar-refractivity contribution is -0.140. The van der Waals surface area contributed by atoms with E-state index < -0.39 is 11.4 Å². The average Bonchev–Trinajstić information content (AvgIpc) is 2.71. The molecule has 5 heteroatoms. The number of nitrogens with one attached hydrogen (secondary N) is 1. The number of H-pyrrole nitrogens is 1. The molecule has 0 spiro atoms. The first-order valence-electron chi connectivity index (χ1n) is 3.59. The van der Waals surface area contributed by atoms with Crippen molar-refractivity contribution >= 4 is 17.6 Å².